The van der Waals surface area contributed by atoms with Gasteiger partial charge in [0.05, 0.1) is 17.6 Å². The highest BCUT2D eigenvalue weighted by atomic mass is 19.1. The molecule has 2 heterocycles. The zero-order valence-electron chi connectivity index (χ0n) is 15.3. The number of nitrogens with one attached hydrogen (secondary N) is 1. The molecular weight excluding hydrogens is 359 g/mol. The molecule has 0 unspecified atom stereocenters. The van der Waals surface area contributed by atoms with Gasteiger partial charge >= 0.3 is 0 Å². The number of anilines is 2. The molecule has 2 aromatic carbocycles. The van der Waals surface area contributed by atoms with Crippen LogP contribution in [0.2, 0.25) is 0 Å². The fourth-order valence-corrected chi connectivity index (χ4v) is 2.89. The van der Waals surface area contributed by atoms with E-state index in [1.54, 1.807) is 19.2 Å². The van der Waals surface area contributed by atoms with Crippen LogP contribution >= 0.6 is 0 Å². The van der Waals surface area contributed by atoms with Crippen molar-refractivity contribution in [1.29, 1.82) is 0 Å². The van der Waals surface area contributed by atoms with Gasteiger partial charge in [-0.2, -0.15) is 10.1 Å². The minimum absolute atomic E-state index is 0.350. The predicted octanol–water partition coefficient (Wildman–Crippen LogP) is 3.24. The van der Waals surface area contributed by atoms with E-state index in [0.29, 0.717) is 47.2 Å². The van der Waals surface area contributed by atoms with Gasteiger partial charge in [-0.25, -0.2) is 9.37 Å². The molecule has 0 aliphatic rings. The Morgan fingerprint density at radius 3 is 2.71 bits per heavy atom. The minimum Gasteiger partial charge on any atom is -0.492 e. The molecule has 2 aromatic heterocycles. The summed E-state index contributed by atoms with van der Waals surface area (Å²) in [6.45, 7) is 0.927. The molecule has 8 heteroatoms. The first-order valence-electron chi connectivity index (χ1n) is 8.79. The molecule has 142 valence electrons. The van der Waals surface area contributed by atoms with Crippen molar-refractivity contribution < 1.29 is 9.13 Å². The zero-order chi connectivity index (χ0) is 19.5. The summed E-state index contributed by atoms with van der Waals surface area (Å²) in [6, 6.07) is 15.7. The number of aromatic nitrogens is 4. The number of rotatable bonds is 6. The molecule has 3 N–H and O–H groups in total. The summed E-state index contributed by atoms with van der Waals surface area (Å²) in [5, 5.41) is 8.06. The van der Waals surface area contributed by atoms with Gasteiger partial charge in [-0.05, 0) is 24.3 Å². The summed E-state index contributed by atoms with van der Waals surface area (Å²) in [7, 11) is 1.73. The van der Waals surface area contributed by atoms with Crippen LogP contribution in [0.15, 0.2) is 54.6 Å². The average Bonchev–Trinajstić information content (AvgIpc) is 2.99. The van der Waals surface area contributed by atoms with E-state index in [1.807, 2.05) is 30.3 Å². The van der Waals surface area contributed by atoms with Gasteiger partial charge in [-0.15, -0.1) is 0 Å². The number of nitrogens with two attached hydrogens (primary N) is 1. The minimum atomic E-state index is -0.350. The Morgan fingerprint density at radius 1 is 1.11 bits per heavy atom. The van der Waals surface area contributed by atoms with Gasteiger partial charge < -0.3 is 15.8 Å². The van der Waals surface area contributed by atoms with E-state index in [9.17, 15) is 4.39 Å². The Bertz CT molecular complexity index is 1110. The Kier molecular flexibility index (Phi) is 4.76. The normalized spacial score (nSPS) is 10.9. The standard InChI is InChI=1S/C20H19FN6O/c1-27-18(22)16-17(13-6-5-7-14(21)12-13)24-20(25-19(16)26-27)23-10-11-28-15-8-3-2-4-9-15/h2-9,12H,10-11,22H2,1H3,(H,23,25,26). The second kappa shape index (κ2) is 7.51. The third kappa shape index (κ3) is 3.57. The van der Waals surface area contributed by atoms with E-state index in [4.69, 9.17) is 10.5 Å². The molecular formula is C20H19FN6O. The molecule has 0 spiro atoms. The Hall–Kier alpha value is -3.68. The van der Waals surface area contributed by atoms with Crippen LogP contribution in [0.5, 0.6) is 5.75 Å². The molecule has 0 saturated heterocycles. The number of nitrogens with zero attached hydrogens (tertiary/aromatic N) is 4. The molecule has 0 bridgehead atoms. The first-order valence-corrected chi connectivity index (χ1v) is 8.79. The van der Waals surface area contributed by atoms with Gasteiger partial charge in [0, 0.05) is 12.6 Å². The maximum atomic E-state index is 13.7. The molecule has 0 fully saturated rings. The summed E-state index contributed by atoms with van der Waals surface area (Å²) in [4.78, 5) is 8.98. The molecule has 4 aromatic rings. The average molecular weight is 378 g/mol. The highest BCUT2D eigenvalue weighted by molar-refractivity contribution is 5.98. The number of para-hydroxylation sites is 1. The summed E-state index contributed by atoms with van der Waals surface area (Å²) in [5.41, 5.74) is 7.72. The van der Waals surface area contributed by atoms with Gasteiger partial charge in [-0.1, -0.05) is 30.3 Å². The predicted molar refractivity (Wildman–Crippen MR) is 107 cm³/mol. The Labute approximate surface area is 161 Å². The Morgan fingerprint density at radius 2 is 1.93 bits per heavy atom. The topological polar surface area (TPSA) is 90.9 Å². The van der Waals surface area contributed by atoms with Crippen molar-refractivity contribution in [1.82, 2.24) is 19.7 Å². The van der Waals surface area contributed by atoms with Crippen molar-refractivity contribution in [2.24, 2.45) is 7.05 Å². The lowest BCUT2D eigenvalue weighted by atomic mass is 10.1. The molecule has 0 aliphatic carbocycles. The fraction of sp³-hybridized carbons (Fsp3) is 0.150. The van der Waals surface area contributed by atoms with E-state index in [-0.39, 0.29) is 5.82 Å². The zero-order valence-corrected chi connectivity index (χ0v) is 15.3. The summed E-state index contributed by atoms with van der Waals surface area (Å²) >= 11 is 0. The molecule has 0 saturated carbocycles. The van der Waals surface area contributed by atoms with Crippen LogP contribution in [-0.4, -0.2) is 32.9 Å². The van der Waals surface area contributed by atoms with Crippen molar-refractivity contribution in [3.63, 3.8) is 0 Å². The summed E-state index contributed by atoms with van der Waals surface area (Å²) in [5.74, 6) is 1.24. The van der Waals surface area contributed by atoms with Crippen molar-refractivity contribution in [3.8, 4) is 17.0 Å². The second-order valence-electron chi connectivity index (χ2n) is 6.20. The second-order valence-corrected chi connectivity index (χ2v) is 6.20. The number of aryl methyl sites for hydroxylation is 1. The number of benzene rings is 2. The van der Waals surface area contributed by atoms with E-state index < -0.39 is 0 Å². The smallest absolute Gasteiger partial charge is 0.225 e. The third-order valence-electron chi connectivity index (χ3n) is 4.23. The third-order valence-corrected chi connectivity index (χ3v) is 4.23. The molecule has 0 atom stereocenters. The number of hydrogen-bond acceptors (Lipinski definition) is 6. The maximum Gasteiger partial charge on any atom is 0.225 e. The van der Waals surface area contributed by atoms with E-state index in [2.05, 4.69) is 20.4 Å². The van der Waals surface area contributed by atoms with Crippen LogP contribution in [0.1, 0.15) is 0 Å². The number of hydrogen-bond donors (Lipinski definition) is 2. The van der Waals surface area contributed by atoms with Crippen molar-refractivity contribution in [2.75, 3.05) is 24.2 Å². The molecule has 7 nitrogen and oxygen atoms in total. The quantitative estimate of drug-likeness (QED) is 0.501. The van der Waals surface area contributed by atoms with Crippen LogP contribution < -0.4 is 15.8 Å². The first-order chi connectivity index (χ1) is 13.6. The van der Waals surface area contributed by atoms with Crippen LogP contribution in [0.25, 0.3) is 22.3 Å². The van der Waals surface area contributed by atoms with E-state index in [1.165, 1.54) is 16.8 Å². The molecule has 28 heavy (non-hydrogen) atoms. The SMILES string of the molecule is Cn1nc2nc(NCCOc3ccccc3)nc(-c3cccc(F)c3)c2c1N. The van der Waals surface area contributed by atoms with Gasteiger partial charge in [-0.3, -0.25) is 4.68 Å². The van der Waals surface area contributed by atoms with Crippen LogP contribution in [0, 0.1) is 5.82 Å². The van der Waals surface area contributed by atoms with Gasteiger partial charge in [0.2, 0.25) is 5.95 Å². The fourth-order valence-electron chi connectivity index (χ4n) is 2.89. The summed E-state index contributed by atoms with van der Waals surface area (Å²) in [6.07, 6.45) is 0. The van der Waals surface area contributed by atoms with Crippen LogP contribution in [0.3, 0.4) is 0 Å². The molecule has 0 radical (unpaired) electrons. The largest absolute Gasteiger partial charge is 0.492 e. The lowest BCUT2D eigenvalue weighted by molar-refractivity contribution is 0.332. The maximum absolute atomic E-state index is 13.7. The number of ether oxygens (including phenoxy) is 1. The monoisotopic (exact) mass is 378 g/mol. The Balaban J connectivity index is 1.60. The number of fused-ring (bicyclic) bond motifs is 1. The lowest BCUT2D eigenvalue weighted by Gasteiger charge is -2.09. The van der Waals surface area contributed by atoms with Crippen molar-refractivity contribution in [3.05, 3.63) is 60.4 Å². The van der Waals surface area contributed by atoms with Crippen molar-refractivity contribution in [2.45, 2.75) is 0 Å². The highest BCUT2D eigenvalue weighted by Gasteiger charge is 2.17. The molecule has 0 aliphatic heterocycles. The van der Waals surface area contributed by atoms with E-state index >= 15 is 0 Å². The van der Waals surface area contributed by atoms with Gasteiger partial charge in [0.1, 0.15) is 24.0 Å². The van der Waals surface area contributed by atoms with E-state index in [0.717, 1.165) is 5.75 Å². The number of halogens is 1. The van der Waals surface area contributed by atoms with Gasteiger partial charge in [0.15, 0.2) is 5.65 Å². The number of nitrogen functional groups attached to an aromatic ring is 1. The molecule has 0 amide bonds. The van der Waals surface area contributed by atoms with Gasteiger partial charge in [0.25, 0.3) is 0 Å². The van der Waals surface area contributed by atoms with Crippen LogP contribution in [-0.2, 0) is 7.05 Å². The van der Waals surface area contributed by atoms with Crippen LogP contribution in [0.4, 0.5) is 16.2 Å². The highest BCUT2D eigenvalue weighted by Crippen LogP contribution is 2.31. The first kappa shape index (κ1) is 17.7. The van der Waals surface area contributed by atoms with Crippen molar-refractivity contribution >= 4 is 22.8 Å². The lowest BCUT2D eigenvalue weighted by Crippen LogP contribution is -2.13. The molecule has 4 rings (SSSR count). The summed E-state index contributed by atoms with van der Waals surface area (Å²) < 4.78 is 20.9.